The lowest BCUT2D eigenvalue weighted by Crippen LogP contribution is -2.55. The molecule has 162 valence electrons. The summed E-state index contributed by atoms with van der Waals surface area (Å²) in [7, 11) is 0. The molecule has 3 fully saturated rings. The largest absolute Gasteiger partial charge is 0.396 e. The first-order valence-electron chi connectivity index (χ1n) is 11.3. The number of hydrogen-bond donors (Lipinski definition) is 4. The summed E-state index contributed by atoms with van der Waals surface area (Å²) in [4.78, 5) is 4.50. The van der Waals surface area contributed by atoms with Crippen molar-refractivity contribution in [2.45, 2.75) is 70.5 Å². The molecule has 0 amide bonds. The summed E-state index contributed by atoms with van der Waals surface area (Å²) in [5.41, 5.74) is -0.614. The molecule has 29 heavy (non-hydrogen) atoms. The third-order valence-corrected chi connectivity index (χ3v) is 9.46. The van der Waals surface area contributed by atoms with Crippen molar-refractivity contribution in [3.8, 4) is 0 Å². The van der Waals surface area contributed by atoms with Crippen LogP contribution in [0, 0.1) is 34.5 Å². The maximum atomic E-state index is 11.8. The van der Waals surface area contributed by atoms with Gasteiger partial charge in [-0.2, -0.15) is 0 Å². The van der Waals surface area contributed by atoms with E-state index in [9.17, 15) is 20.4 Å². The predicted molar refractivity (Wildman–Crippen MR) is 111 cm³/mol. The Balaban J connectivity index is 1.66. The predicted octanol–water partition coefficient (Wildman–Crippen LogP) is 2.86. The van der Waals surface area contributed by atoms with Crippen molar-refractivity contribution in [2.75, 3.05) is 13.2 Å². The Labute approximate surface area is 174 Å². The summed E-state index contributed by atoms with van der Waals surface area (Å²) in [6.07, 6.45) is 7.08. The van der Waals surface area contributed by atoms with Gasteiger partial charge in [0.25, 0.3) is 0 Å². The van der Waals surface area contributed by atoms with Gasteiger partial charge in [0, 0.05) is 24.8 Å². The monoisotopic (exact) mass is 403 g/mol. The molecule has 3 saturated carbocycles. The van der Waals surface area contributed by atoms with Gasteiger partial charge in [-0.25, -0.2) is 0 Å². The van der Waals surface area contributed by atoms with Gasteiger partial charge >= 0.3 is 0 Å². The molecule has 4 N–H and O–H groups in total. The van der Waals surface area contributed by atoms with Crippen LogP contribution in [0.5, 0.6) is 0 Å². The first kappa shape index (κ1) is 21.2. The maximum absolute atomic E-state index is 11.8. The third-order valence-electron chi connectivity index (χ3n) is 9.46. The SMILES string of the molecule is C[C@]1([C@H]2CC[C@@]3(C)[C@@H](CC[C@@]3(O)c3ccccn3)[C@@H]2CO)CC[C@H](O)C[C@@H]1CO. The molecule has 3 aliphatic carbocycles. The van der Waals surface area contributed by atoms with Gasteiger partial charge in [0.05, 0.1) is 11.8 Å². The van der Waals surface area contributed by atoms with E-state index in [0.29, 0.717) is 18.8 Å². The van der Waals surface area contributed by atoms with E-state index in [0.717, 1.165) is 37.8 Å². The fourth-order valence-corrected chi connectivity index (χ4v) is 7.57. The summed E-state index contributed by atoms with van der Waals surface area (Å²) in [5, 5.41) is 42.5. The Morgan fingerprint density at radius 2 is 1.76 bits per heavy atom. The second kappa shape index (κ2) is 7.60. The molecule has 0 radical (unpaired) electrons. The average Bonchev–Trinajstić information content (AvgIpc) is 3.01. The highest BCUT2D eigenvalue weighted by atomic mass is 16.3. The van der Waals surface area contributed by atoms with E-state index in [-0.39, 0.29) is 47.9 Å². The van der Waals surface area contributed by atoms with Crippen LogP contribution >= 0.6 is 0 Å². The van der Waals surface area contributed by atoms with E-state index in [1.807, 2.05) is 18.2 Å². The molecular formula is C24H37NO4. The number of nitrogens with zero attached hydrogens (tertiary/aromatic N) is 1. The molecule has 5 heteroatoms. The van der Waals surface area contributed by atoms with Crippen LogP contribution in [0.3, 0.4) is 0 Å². The topological polar surface area (TPSA) is 93.8 Å². The average molecular weight is 404 g/mol. The van der Waals surface area contributed by atoms with Gasteiger partial charge < -0.3 is 20.4 Å². The summed E-state index contributed by atoms with van der Waals surface area (Å²) in [6.45, 7) is 4.64. The van der Waals surface area contributed by atoms with Crippen molar-refractivity contribution < 1.29 is 20.4 Å². The third kappa shape index (κ3) is 3.08. The van der Waals surface area contributed by atoms with Crippen LogP contribution < -0.4 is 0 Å². The Morgan fingerprint density at radius 1 is 1.00 bits per heavy atom. The van der Waals surface area contributed by atoms with Gasteiger partial charge in [0.2, 0.25) is 0 Å². The van der Waals surface area contributed by atoms with Crippen LogP contribution in [0.25, 0.3) is 0 Å². The second-order valence-corrected chi connectivity index (χ2v) is 10.4. The van der Waals surface area contributed by atoms with Crippen LogP contribution in [-0.4, -0.2) is 44.7 Å². The highest BCUT2D eigenvalue weighted by Gasteiger charge is 2.64. The zero-order valence-corrected chi connectivity index (χ0v) is 17.8. The van der Waals surface area contributed by atoms with Crippen LogP contribution in [-0.2, 0) is 5.60 Å². The minimum Gasteiger partial charge on any atom is -0.396 e. The van der Waals surface area contributed by atoms with Gasteiger partial charge in [0.1, 0.15) is 5.60 Å². The maximum Gasteiger partial charge on any atom is 0.112 e. The number of fused-ring (bicyclic) bond motifs is 1. The van der Waals surface area contributed by atoms with Gasteiger partial charge in [-0.15, -0.1) is 0 Å². The lowest BCUT2D eigenvalue weighted by Gasteiger charge is -2.57. The molecule has 5 nitrogen and oxygen atoms in total. The zero-order chi connectivity index (χ0) is 20.9. The molecule has 3 aliphatic rings. The first-order valence-corrected chi connectivity index (χ1v) is 11.3. The molecule has 0 bridgehead atoms. The minimum absolute atomic E-state index is 0.0609. The van der Waals surface area contributed by atoms with E-state index < -0.39 is 5.60 Å². The molecule has 0 aliphatic heterocycles. The smallest absolute Gasteiger partial charge is 0.112 e. The lowest BCUT2D eigenvalue weighted by molar-refractivity contribution is -0.154. The normalized spacial score (nSPS) is 47.7. The number of aliphatic hydroxyl groups is 4. The van der Waals surface area contributed by atoms with Crippen LogP contribution in [0.1, 0.15) is 64.5 Å². The fourth-order valence-electron chi connectivity index (χ4n) is 7.57. The summed E-state index contributed by atoms with van der Waals surface area (Å²) < 4.78 is 0. The van der Waals surface area contributed by atoms with Crippen LogP contribution in [0.15, 0.2) is 24.4 Å². The minimum atomic E-state index is -0.961. The number of aromatic nitrogens is 1. The van der Waals surface area contributed by atoms with Gasteiger partial charge in [-0.05, 0) is 86.2 Å². The molecule has 8 atom stereocenters. The Bertz CT molecular complexity index is 714. The van der Waals surface area contributed by atoms with Crippen molar-refractivity contribution >= 4 is 0 Å². The lowest BCUT2D eigenvalue weighted by atomic mass is 9.48. The number of aliphatic hydroxyl groups excluding tert-OH is 3. The summed E-state index contributed by atoms with van der Waals surface area (Å²) >= 11 is 0. The molecule has 0 unspecified atom stereocenters. The van der Waals surface area contributed by atoms with Crippen molar-refractivity contribution in [1.82, 2.24) is 4.98 Å². The van der Waals surface area contributed by atoms with E-state index >= 15 is 0 Å². The van der Waals surface area contributed by atoms with E-state index in [2.05, 4.69) is 18.8 Å². The Hall–Kier alpha value is -1.01. The molecular weight excluding hydrogens is 366 g/mol. The van der Waals surface area contributed by atoms with Crippen molar-refractivity contribution in [3.05, 3.63) is 30.1 Å². The number of hydrogen-bond acceptors (Lipinski definition) is 5. The Kier molecular flexibility index (Phi) is 5.56. The van der Waals surface area contributed by atoms with Gasteiger partial charge in [-0.3, -0.25) is 4.98 Å². The highest BCUT2D eigenvalue weighted by Crippen LogP contribution is 2.67. The Morgan fingerprint density at radius 3 is 2.41 bits per heavy atom. The quantitative estimate of drug-likeness (QED) is 0.620. The van der Waals surface area contributed by atoms with E-state index in [1.165, 1.54) is 0 Å². The van der Waals surface area contributed by atoms with Crippen LogP contribution in [0.4, 0.5) is 0 Å². The van der Waals surface area contributed by atoms with Crippen molar-refractivity contribution in [2.24, 2.45) is 34.5 Å². The molecule has 1 aromatic rings. The van der Waals surface area contributed by atoms with Crippen molar-refractivity contribution in [1.29, 1.82) is 0 Å². The molecule has 1 aromatic heterocycles. The second-order valence-electron chi connectivity index (χ2n) is 10.4. The van der Waals surface area contributed by atoms with Gasteiger partial charge in [-0.1, -0.05) is 19.9 Å². The molecule has 0 aromatic carbocycles. The number of rotatable bonds is 4. The van der Waals surface area contributed by atoms with E-state index in [1.54, 1.807) is 6.20 Å². The fraction of sp³-hybridized carbons (Fsp3) is 0.792. The zero-order valence-electron chi connectivity index (χ0n) is 17.8. The first-order chi connectivity index (χ1) is 13.8. The standard InChI is InChI=1S/C24H37NO4/c1-22(9-6-17(28)13-16(22)14-26)19-7-10-23(2)20(18(19)15-27)8-11-24(23,29)21-5-3-4-12-25-21/h3-5,12,16-20,26-29H,6-11,13-15H2,1-2H3/t16-,17+,18-,19+,20+,22+,23+,24-/m1/s1. The highest BCUT2D eigenvalue weighted by molar-refractivity contribution is 5.23. The van der Waals surface area contributed by atoms with Crippen molar-refractivity contribution in [3.63, 3.8) is 0 Å². The molecule has 0 saturated heterocycles. The summed E-state index contributed by atoms with van der Waals surface area (Å²) in [5.74, 6) is 0.675. The molecule has 0 spiro atoms. The molecule has 1 heterocycles. The van der Waals surface area contributed by atoms with Gasteiger partial charge in [0.15, 0.2) is 0 Å². The van der Waals surface area contributed by atoms with Crippen LogP contribution in [0.2, 0.25) is 0 Å². The number of pyridine rings is 1. The summed E-state index contributed by atoms with van der Waals surface area (Å²) in [6, 6.07) is 5.74. The molecule has 4 rings (SSSR count). The van der Waals surface area contributed by atoms with E-state index in [4.69, 9.17) is 0 Å².